The minimum Gasteiger partial charge on any atom is -0.493 e. The molecule has 0 aliphatic carbocycles. The number of carbonyl (C=O) groups excluding carboxylic acids is 3. The molecule has 1 aliphatic rings. The predicted molar refractivity (Wildman–Crippen MR) is 146 cm³/mol. The first-order chi connectivity index (χ1) is 17.8. The summed E-state index contributed by atoms with van der Waals surface area (Å²) in [5.74, 6) is -1.22. The van der Waals surface area contributed by atoms with Crippen molar-refractivity contribution in [3.63, 3.8) is 0 Å². The van der Waals surface area contributed by atoms with Gasteiger partial charge in [0.2, 0.25) is 0 Å². The van der Waals surface area contributed by atoms with Crippen LogP contribution in [0.5, 0.6) is 11.5 Å². The summed E-state index contributed by atoms with van der Waals surface area (Å²) in [5, 5.41) is 5.41. The lowest BCUT2D eigenvalue weighted by molar-refractivity contribution is -0.122. The number of thiocarbonyl (C=S) groups is 1. The number of aryl methyl sites for hydroxylation is 1. The van der Waals surface area contributed by atoms with Crippen LogP contribution in [-0.2, 0) is 14.4 Å². The van der Waals surface area contributed by atoms with Crippen molar-refractivity contribution in [1.29, 1.82) is 0 Å². The largest absolute Gasteiger partial charge is 0.493 e. The molecule has 37 heavy (non-hydrogen) atoms. The van der Waals surface area contributed by atoms with Gasteiger partial charge in [-0.15, -0.1) is 0 Å². The summed E-state index contributed by atoms with van der Waals surface area (Å²) in [6, 6.07) is 19.2. The van der Waals surface area contributed by atoms with Crippen LogP contribution in [0.1, 0.15) is 11.1 Å². The van der Waals surface area contributed by atoms with Crippen LogP contribution in [0.25, 0.3) is 6.08 Å². The van der Waals surface area contributed by atoms with Gasteiger partial charge in [-0.2, -0.15) is 0 Å². The highest BCUT2D eigenvalue weighted by Gasteiger charge is 2.34. The molecule has 1 fully saturated rings. The highest BCUT2D eigenvalue weighted by atomic mass is 35.5. The van der Waals surface area contributed by atoms with Crippen LogP contribution < -0.4 is 25.0 Å². The maximum Gasteiger partial charge on any atom is 0.270 e. The fourth-order valence-electron chi connectivity index (χ4n) is 3.66. The van der Waals surface area contributed by atoms with E-state index >= 15 is 0 Å². The number of anilines is 2. The van der Waals surface area contributed by atoms with Gasteiger partial charge >= 0.3 is 0 Å². The number of ether oxygens (including phenoxy) is 2. The fourth-order valence-corrected chi connectivity index (χ4v) is 4.21. The second-order valence-corrected chi connectivity index (χ2v) is 8.83. The van der Waals surface area contributed by atoms with Crippen molar-refractivity contribution in [2.75, 3.05) is 23.9 Å². The lowest BCUT2D eigenvalue weighted by Gasteiger charge is -2.28. The van der Waals surface area contributed by atoms with E-state index in [4.69, 9.17) is 33.3 Å². The molecule has 4 rings (SSSR count). The first kappa shape index (κ1) is 25.9. The van der Waals surface area contributed by atoms with Gasteiger partial charge in [-0.1, -0.05) is 41.9 Å². The number of carbonyl (C=O) groups is 3. The lowest BCUT2D eigenvalue weighted by Crippen LogP contribution is -2.54. The van der Waals surface area contributed by atoms with Gasteiger partial charge in [-0.05, 0) is 72.7 Å². The highest BCUT2D eigenvalue weighted by molar-refractivity contribution is 7.80. The van der Waals surface area contributed by atoms with E-state index in [0.29, 0.717) is 16.9 Å². The second-order valence-electron chi connectivity index (χ2n) is 8.03. The van der Waals surface area contributed by atoms with Gasteiger partial charge in [0.15, 0.2) is 23.2 Å². The maximum atomic E-state index is 13.2. The minimum atomic E-state index is -0.634. The molecule has 2 N–H and O–H groups in total. The smallest absolute Gasteiger partial charge is 0.270 e. The van der Waals surface area contributed by atoms with Gasteiger partial charge in [0.05, 0.1) is 17.8 Å². The van der Waals surface area contributed by atoms with E-state index in [9.17, 15) is 14.4 Å². The molecule has 3 aromatic rings. The summed E-state index contributed by atoms with van der Waals surface area (Å²) in [6.45, 7) is 1.61. The third kappa shape index (κ3) is 5.96. The SMILES string of the molecule is COc1cc(/C=C2/C(=O)NC(=S)N(c3ccccc3)C2=O)cc(Cl)c1OCC(=O)Nc1cccc(C)c1. The molecule has 188 valence electrons. The van der Waals surface area contributed by atoms with Crippen LogP contribution in [0.4, 0.5) is 11.4 Å². The van der Waals surface area contributed by atoms with Gasteiger partial charge in [0.1, 0.15) is 5.57 Å². The predicted octanol–water partition coefficient (Wildman–Crippen LogP) is 4.51. The molecule has 1 saturated heterocycles. The molecule has 0 radical (unpaired) electrons. The zero-order valence-corrected chi connectivity index (χ0v) is 21.5. The Hall–Kier alpha value is -4.21. The molecule has 0 unspecified atom stereocenters. The Morgan fingerprint density at radius 1 is 1.11 bits per heavy atom. The zero-order chi connectivity index (χ0) is 26.5. The Bertz CT molecular complexity index is 1420. The van der Waals surface area contributed by atoms with E-state index in [1.54, 1.807) is 42.5 Å². The van der Waals surface area contributed by atoms with E-state index in [1.807, 2.05) is 25.1 Å². The molecule has 0 bridgehead atoms. The standard InChI is InChI=1S/C27H22ClN3O5S/c1-16-7-6-8-18(11-16)29-23(32)15-36-24-21(28)13-17(14-22(24)35-2)12-20-25(33)30-27(37)31(26(20)34)19-9-4-3-5-10-19/h3-14H,15H2,1-2H3,(H,29,32)(H,30,33,37)/b20-12-. The number of hydrogen-bond donors (Lipinski definition) is 2. The molecule has 1 aliphatic heterocycles. The molecule has 1 heterocycles. The summed E-state index contributed by atoms with van der Waals surface area (Å²) in [5.41, 5.74) is 2.45. The summed E-state index contributed by atoms with van der Waals surface area (Å²) in [7, 11) is 1.41. The van der Waals surface area contributed by atoms with E-state index < -0.39 is 11.8 Å². The molecule has 0 aromatic heterocycles. The van der Waals surface area contributed by atoms with Crippen LogP contribution in [0, 0.1) is 6.92 Å². The number of para-hydroxylation sites is 1. The first-order valence-electron chi connectivity index (χ1n) is 11.1. The Balaban J connectivity index is 1.55. The molecular formula is C27H22ClN3O5S. The summed E-state index contributed by atoms with van der Waals surface area (Å²) in [6.07, 6.45) is 1.39. The van der Waals surface area contributed by atoms with E-state index in [0.717, 1.165) is 5.56 Å². The Morgan fingerprint density at radius 3 is 2.57 bits per heavy atom. The average Bonchev–Trinajstić information content (AvgIpc) is 2.86. The van der Waals surface area contributed by atoms with Gasteiger partial charge in [0.25, 0.3) is 17.7 Å². The van der Waals surface area contributed by atoms with E-state index in [1.165, 1.54) is 24.2 Å². The number of nitrogens with zero attached hydrogens (tertiary/aromatic N) is 1. The van der Waals surface area contributed by atoms with Gasteiger partial charge in [-0.25, -0.2) is 0 Å². The van der Waals surface area contributed by atoms with Crippen molar-refractivity contribution in [2.24, 2.45) is 0 Å². The lowest BCUT2D eigenvalue weighted by atomic mass is 10.1. The van der Waals surface area contributed by atoms with Crippen molar-refractivity contribution in [3.05, 3.63) is 88.5 Å². The molecular weight excluding hydrogens is 514 g/mol. The Labute approximate surface area is 223 Å². The first-order valence-corrected chi connectivity index (χ1v) is 11.9. The van der Waals surface area contributed by atoms with Crippen molar-refractivity contribution in [1.82, 2.24) is 5.32 Å². The van der Waals surface area contributed by atoms with E-state index in [-0.39, 0.29) is 39.7 Å². The maximum absolute atomic E-state index is 13.2. The van der Waals surface area contributed by atoms with Crippen LogP contribution in [0.3, 0.4) is 0 Å². The number of benzene rings is 3. The van der Waals surface area contributed by atoms with Crippen LogP contribution in [0.2, 0.25) is 5.02 Å². The quantitative estimate of drug-likeness (QED) is 0.262. The van der Waals surface area contributed by atoms with Crippen molar-refractivity contribution in [2.45, 2.75) is 6.92 Å². The van der Waals surface area contributed by atoms with Crippen molar-refractivity contribution >= 4 is 64.1 Å². The molecule has 8 nitrogen and oxygen atoms in total. The summed E-state index contributed by atoms with van der Waals surface area (Å²) < 4.78 is 11.0. The van der Waals surface area contributed by atoms with Crippen LogP contribution in [-0.4, -0.2) is 36.6 Å². The Morgan fingerprint density at radius 2 is 1.86 bits per heavy atom. The Kier molecular flexibility index (Phi) is 7.86. The number of rotatable bonds is 7. The molecule has 10 heteroatoms. The van der Waals surface area contributed by atoms with Gasteiger partial charge in [-0.3, -0.25) is 24.6 Å². The average molecular weight is 536 g/mol. The second kappa shape index (κ2) is 11.2. The van der Waals surface area contributed by atoms with Gasteiger partial charge < -0.3 is 14.8 Å². The van der Waals surface area contributed by atoms with E-state index in [2.05, 4.69) is 10.6 Å². The molecule has 3 amide bonds. The molecule has 3 aromatic carbocycles. The third-order valence-corrected chi connectivity index (χ3v) is 5.89. The normalized spacial score (nSPS) is 14.4. The summed E-state index contributed by atoms with van der Waals surface area (Å²) in [4.78, 5) is 39.4. The highest BCUT2D eigenvalue weighted by Crippen LogP contribution is 2.37. The third-order valence-electron chi connectivity index (χ3n) is 5.33. The number of halogens is 1. The number of amides is 3. The molecule has 0 saturated carbocycles. The zero-order valence-electron chi connectivity index (χ0n) is 19.9. The minimum absolute atomic E-state index is 0.0124. The monoisotopic (exact) mass is 535 g/mol. The van der Waals surface area contributed by atoms with Gasteiger partial charge in [0, 0.05) is 5.69 Å². The van der Waals surface area contributed by atoms with Crippen LogP contribution in [0.15, 0.2) is 72.3 Å². The fraction of sp³-hybridized carbons (Fsp3) is 0.111. The van der Waals surface area contributed by atoms with Crippen molar-refractivity contribution in [3.8, 4) is 11.5 Å². The van der Waals surface area contributed by atoms with Crippen molar-refractivity contribution < 1.29 is 23.9 Å². The molecule has 0 atom stereocenters. The number of hydrogen-bond acceptors (Lipinski definition) is 6. The molecule has 0 spiro atoms. The summed E-state index contributed by atoms with van der Waals surface area (Å²) >= 11 is 11.6. The number of methoxy groups -OCH3 is 1. The topological polar surface area (TPSA) is 97.0 Å². The number of nitrogens with one attached hydrogen (secondary N) is 2. The van der Waals surface area contributed by atoms with Crippen LogP contribution >= 0.6 is 23.8 Å².